The summed E-state index contributed by atoms with van der Waals surface area (Å²) < 4.78 is 10.1. The zero-order chi connectivity index (χ0) is 23.2. The van der Waals surface area contributed by atoms with Gasteiger partial charge in [0.25, 0.3) is 0 Å². The maximum Gasteiger partial charge on any atom is 0.408 e. The number of fused-ring (bicyclic) bond motifs is 1. The van der Waals surface area contributed by atoms with Crippen LogP contribution in [-0.4, -0.2) is 46.9 Å². The number of aromatic amines is 1. The molecule has 1 aromatic carbocycles. The zero-order valence-electron chi connectivity index (χ0n) is 18.9. The summed E-state index contributed by atoms with van der Waals surface area (Å²) in [6, 6.07) is 5.86. The van der Waals surface area contributed by atoms with Crippen molar-refractivity contribution in [3.8, 4) is 0 Å². The van der Waals surface area contributed by atoms with E-state index >= 15 is 0 Å². The summed E-state index contributed by atoms with van der Waals surface area (Å²) in [4.78, 5) is 37.4. The molecule has 0 bridgehead atoms. The van der Waals surface area contributed by atoms with Crippen molar-refractivity contribution in [3.63, 3.8) is 0 Å². The van der Waals surface area contributed by atoms with Crippen LogP contribution in [0.2, 0.25) is 0 Å². The van der Waals surface area contributed by atoms with E-state index in [0.29, 0.717) is 12.1 Å². The van der Waals surface area contributed by atoms with E-state index in [2.05, 4.69) is 20.8 Å². The number of para-hydroxylation sites is 1. The fourth-order valence-electron chi connectivity index (χ4n) is 3.14. The second kappa shape index (κ2) is 10.3. The van der Waals surface area contributed by atoms with Crippen LogP contribution in [0.3, 0.4) is 0 Å². The Morgan fingerprint density at radius 2 is 1.81 bits per heavy atom. The standard InChI is InChI=1S/C22H32N4O5/c1-13(2)11-17(24-21(29)31-22(3,4)5)20(28)23-16(12-18(27)30-6)19-14-9-7-8-10-15(14)25-26-19/h7-10,13,16-17H,11-12H2,1-6H3,(H,23,28)(H,24,29)(H,25,26)/t16?,17-/m0/s1. The highest BCUT2D eigenvalue weighted by Gasteiger charge is 2.29. The molecule has 2 atom stereocenters. The minimum atomic E-state index is -0.833. The number of carbonyl (C=O) groups is 3. The maximum absolute atomic E-state index is 13.1. The van der Waals surface area contributed by atoms with Gasteiger partial charge in [-0.1, -0.05) is 32.0 Å². The lowest BCUT2D eigenvalue weighted by molar-refractivity contribution is -0.141. The third-order valence-corrected chi connectivity index (χ3v) is 4.46. The Hall–Kier alpha value is -3.10. The first-order valence-corrected chi connectivity index (χ1v) is 10.3. The number of hydrogen-bond donors (Lipinski definition) is 3. The Kier molecular flexibility index (Phi) is 8.01. The number of rotatable bonds is 8. The van der Waals surface area contributed by atoms with Crippen LogP contribution in [0.15, 0.2) is 24.3 Å². The number of methoxy groups -OCH3 is 1. The topological polar surface area (TPSA) is 122 Å². The van der Waals surface area contributed by atoms with Gasteiger partial charge in [-0.05, 0) is 39.2 Å². The number of esters is 1. The minimum absolute atomic E-state index is 0.0993. The fourth-order valence-corrected chi connectivity index (χ4v) is 3.14. The summed E-state index contributed by atoms with van der Waals surface area (Å²) in [5.74, 6) is -0.783. The molecule has 0 fully saturated rings. The average molecular weight is 433 g/mol. The van der Waals surface area contributed by atoms with Crippen LogP contribution in [0.4, 0.5) is 4.79 Å². The van der Waals surface area contributed by atoms with Crippen molar-refractivity contribution in [2.24, 2.45) is 5.92 Å². The van der Waals surface area contributed by atoms with Crippen LogP contribution in [0.25, 0.3) is 10.9 Å². The normalized spacial score (nSPS) is 13.5. The van der Waals surface area contributed by atoms with Gasteiger partial charge in [0, 0.05) is 5.39 Å². The zero-order valence-corrected chi connectivity index (χ0v) is 18.9. The molecule has 9 heteroatoms. The second-order valence-corrected chi connectivity index (χ2v) is 8.82. The molecule has 31 heavy (non-hydrogen) atoms. The molecule has 170 valence electrons. The van der Waals surface area contributed by atoms with Crippen LogP contribution in [0, 0.1) is 5.92 Å². The Bertz CT molecular complexity index is 916. The van der Waals surface area contributed by atoms with Gasteiger partial charge in [-0.25, -0.2) is 4.79 Å². The van der Waals surface area contributed by atoms with E-state index in [4.69, 9.17) is 9.47 Å². The Morgan fingerprint density at radius 3 is 2.42 bits per heavy atom. The van der Waals surface area contributed by atoms with Gasteiger partial charge in [-0.15, -0.1) is 0 Å². The minimum Gasteiger partial charge on any atom is -0.469 e. The molecule has 9 nitrogen and oxygen atoms in total. The van der Waals surface area contributed by atoms with Crippen LogP contribution in [0.1, 0.15) is 59.2 Å². The molecule has 0 aliphatic carbocycles. The van der Waals surface area contributed by atoms with Gasteiger partial charge in [0.1, 0.15) is 11.6 Å². The van der Waals surface area contributed by atoms with Crippen molar-refractivity contribution in [1.82, 2.24) is 20.8 Å². The smallest absolute Gasteiger partial charge is 0.408 e. The molecule has 1 aromatic heterocycles. The van der Waals surface area contributed by atoms with E-state index < -0.39 is 35.7 Å². The lowest BCUT2D eigenvalue weighted by Gasteiger charge is -2.25. The summed E-state index contributed by atoms with van der Waals surface area (Å²) >= 11 is 0. The van der Waals surface area contributed by atoms with Gasteiger partial charge in [-0.2, -0.15) is 5.10 Å². The number of carbonyl (C=O) groups excluding carboxylic acids is 3. The predicted molar refractivity (Wildman–Crippen MR) is 116 cm³/mol. The average Bonchev–Trinajstić information content (AvgIpc) is 3.09. The summed E-state index contributed by atoms with van der Waals surface area (Å²) in [5, 5.41) is 13.5. The molecule has 0 saturated heterocycles. The van der Waals surface area contributed by atoms with Gasteiger partial charge in [0.05, 0.1) is 30.8 Å². The number of nitrogens with one attached hydrogen (secondary N) is 3. The van der Waals surface area contributed by atoms with Crippen LogP contribution >= 0.6 is 0 Å². The largest absolute Gasteiger partial charge is 0.469 e. The van der Waals surface area contributed by atoms with Gasteiger partial charge in [0.2, 0.25) is 5.91 Å². The SMILES string of the molecule is COC(=O)CC(NC(=O)[C@H](CC(C)C)NC(=O)OC(C)(C)C)c1n[nH]c2ccccc12. The molecule has 2 rings (SSSR count). The van der Waals surface area contributed by atoms with Gasteiger partial charge < -0.3 is 20.1 Å². The van der Waals surface area contributed by atoms with Crippen LogP contribution in [0.5, 0.6) is 0 Å². The molecule has 0 spiro atoms. The van der Waals surface area contributed by atoms with Crippen molar-refractivity contribution < 1.29 is 23.9 Å². The first-order chi connectivity index (χ1) is 14.5. The number of H-pyrrole nitrogens is 1. The Balaban J connectivity index is 2.26. The number of nitrogens with zero attached hydrogens (tertiary/aromatic N) is 1. The summed E-state index contributed by atoms with van der Waals surface area (Å²) in [6.07, 6.45) is -0.377. The van der Waals surface area contributed by atoms with Gasteiger partial charge >= 0.3 is 12.1 Å². The number of aromatic nitrogens is 2. The monoisotopic (exact) mass is 432 g/mol. The lowest BCUT2D eigenvalue weighted by Crippen LogP contribution is -2.49. The number of alkyl carbamates (subject to hydrolysis) is 1. The van der Waals surface area contributed by atoms with Crippen LogP contribution in [-0.2, 0) is 19.1 Å². The number of amides is 2. The molecule has 1 heterocycles. The molecule has 1 unspecified atom stereocenters. The molecular weight excluding hydrogens is 400 g/mol. The van der Waals surface area contributed by atoms with Crippen molar-refractivity contribution in [1.29, 1.82) is 0 Å². The maximum atomic E-state index is 13.1. The summed E-state index contributed by atoms with van der Waals surface area (Å²) in [7, 11) is 1.29. The predicted octanol–water partition coefficient (Wildman–Crippen LogP) is 3.22. The molecular formula is C22H32N4O5. The molecule has 0 aliphatic heterocycles. The first kappa shape index (κ1) is 24.2. The quantitative estimate of drug-likeness (QED) is 0.551. The molecule has 0 aliphatic rings. The van der Waals surface area contributed by atoms with E-state index in [1.54, 1.807) is 20.8 Å². The molecule has 2 aromatic rings. The van der Waals surface area contributed by atoms with Crippen LogP contribution < -0.4 is 10.6 Å². The molecule has 0 saturated carbocycles. The highest BCUT2D eigenvalue weighted by atomic mass is 16.6. The third kappa shape index (κ3) is 7.27. The van der Waals surface area contributed by atoms with Crippen molar-refractivity contribution in [3.05, 3.63) is 30.0 Å². The fraction of sp³-hybridized carbons (Fsp3) is 0.545. The lowest BCUT2D eigenvalue weighted by atomic mass is 10.0. The molecule has 3 N–H and O–H groups in total. The number of benzene rings is 1. The highest BCUT2D eigenvalue weighted by Crippen LogP contribution is 2.24. The first-order valence-electron chi connectivity index (χ1n) is 10.3. The van der Waals surface area contributed by atoms with Crippen molar-refractivity contribution >= 4 is 28.9 Å². The third-order valence-electron chi connectivity index (χ3n) is 4.46. The summed E-state index contributed by atoms with van der Waals surface area (Å²) in [6.45, 7) is 9.14. The molecule has 0 radical (unpaired) electrons. The van der Waals surface area contributed by atoms with Crippen molar-refractivity contribution in [2.75, 3.05) is 7.11 Å². The Morgan fingerprint density at radius 1 is 1.13 bits per heavy atom. The van der Waals surface area contributed by atoms with E-state index in [0.717, 1.165) is 10.9 Å². The van der Waals surface area contributed by atoms with Gasteiger partial charge in [-0.3, -0.25) is 14.7 Å². The van der Waals surface area contributed by atoms with Gasteiger partial charge in [0.15, 0.2) is 0 Å². The summed E-state index contributed by atoms with van der Waals surface area (Å²) in [5.41, 5.74) is 0.617. The van der Waals surface area contributed by atoms with E-state index in [1.165, 1.54) is 7.11 Å². The second-order valence-electron chi connectivity index (χ2n) is 8.82. The Labute approximate surface area is 182 Å². The van der Waals surface area contributed by atoms with E-state index in [1.807, 2.05) is 38.1 Å². The van der Waals surface area contributed by atoms with E-state index in [9.17, 15) is 14.4 Å². The highest BCUT2D eigenvalue weighted by molar-refractivity contribution is 5.88. The number of hydrogen-bond acceptors (Lipinski definition) is 6. The molecule has 2 amide bonds. The number of ether oxygens (including phenoxy) is 2. The van der Waals surface area contributed by atoms with E-state index in [-0.39, 0.29) is 12.3 Å². The van der Waals surface area contributed by atoms with Crippen molar-refractivity contribution in [2.45, 2.75) is 65.1 Å².